The minimum absolute atomic E-state index is 0.0372. The largest absolute Gasteiger partial charge is 0.356 e. The third-order valence-electron chi connectivity index (χ3n) is 4.34. The van der Waals surface area contributed by atoms with Crippen LogP contribution in [0, 0.1) is 0 Å². The lowest BCUT2D eigenvalue weighted by molar-refractivity contribution is -0.121. The number of aromatic nitrogens is 2. The summed E-state index contributed by atoms with van der Waals surface area (Å²) in [4.78, 5) is 16.4. The van der Waals surface area contributed by atoms with Crippen molar-refractivity contribution in [3.05, 3.63) is 71.1 Å². The van der Waals surface area contributed by atoms with Gasteiger partial charge in [-0.1, -0.05) is 54.0 Å². The fourth-order valence-electron chi connectivity index (χ4n) is 2.73. The van der Waals surface area contributed by atoms with Crippen LogP contribution in [-0.4, -0.2) is 22.6 Å². The molecular weight excluding hydrogens is 362 g/mol. The number of nitrogens with one attached hydrogen (secondary N) is 1. The number of benzene rings is 2. The van der Waals surface area contributed by atoms with E-state index in [4.69, 9.17) is 16.1 Å². The van der Waals surface area contributed by atoms with E-state index in [0.717, 1.165) is 5.56 Å². The molecule has 0 aliphatic heterocycles. The maximum atomic E-state index is 12.0. The zero-order valence-corrected chi connectivity index (χ0v) is 15.9. The van der Waals surface area contributed by atoms with Crippen LogP contribution >= 0.6 is 11.6 Å². The average molecular weight is 384 g/mol. The average Bonchev–Trinajstić information content (AvgIpc) is 3.16. The van der Waals surface area contributed by atoms with E-state index in [1.165, 1.54) is 5.56 Å². The first-order chi connectivity index (χ1) is 13.1. The molecule has 1 atom stereocenters. The molecule has 0 saturated carbocycles. The van der Waals surface area contributed by atoms with E-state index in [1.807, 2.05) is 30.3 Å². The maximum absolute atomic E-state index is 12.0. The van der Waals surface area contributed by atoms with E-state index in [2.05, 4.69) is 34.5 Å². The summed E-state index contributed by atoms with van der Waals surface area (Å²) in [6, 6.07) is 17.4. The molecule has 5 nitrogen and oxygen atoms in total. The summed E-state index contributed by atoms with van der Waals surface area (Å²) < 4.78 is 5.26. The van der Waals surface area contributed by atoms with Gasteiger partial charge in [0.25, 0.3) is 0 Å². The zero-order chi connectivity index (χ0) is 19.1. The Kier molecular flexibility index (Phi) is 6.60. The SMILES string of the molecule is CC(CNC(=O)CCCc1nc(-c2ccc(Cl)cc2)no1)c1ccccc1. The number of amides is 1. The molecule has 1 amide bonds. The molecule has 0 radical (unpaired) electrons. The van der Waals surface area contributed by atoms with Crippen molar-refractivity contribution in [1.29, 1.82) is 0 Å². The summed E-state index contributed by atoms with van der Waals surface area (Å²) in [5.41, 5.74) is 2.07. The highest BCUT2D eigenvalue weighted by Gasteiger charge is 2.11. The Balaban J connectivity index is 1.40. The molecule has 1 N–H and O–H groups in total. The van der Waals surface area contributed by atoms with Gasteiger partial charge in [-0.3, -0.25) is 4.79 Å². The highest BCUT2D eigenvalue weighted by Crippen LogP contribution is 2.19. The van der Waals surface area contributed by atoms with Gasteiger partial charge in [-0.2, -0.15) is 4.98 Å². The van der Waals surface area contributed by atoms with Crippen molar-refractivity contribution in [3.63, 3.8) is 0 Å². The van der Waals surface area contributed by atoms with Gasteiger partial charge in [-0.15, -0.1) is 0 Å². The summed E-state index contributed by atoms with van der Waals surface area (Å²) in [7, 11) is 0. The molecule has 140 valence electrons. The molecule has 0 fully saturated rings. The minimum atomic E-state index is 0.0372. The molecule has 27 heavy (non-hydrogen) atoms. The lowest BCUT2D eigenvalue weighted by Gasteiger charge is -2.12. The highest BCUT2D eigenvalue weighted by atomic mass is 35.5. The monoisotopic (exact) mass is 383 g/mol. The Morgan fingerprint density at radius 2 is 1.89 bits per heavy atom. The number of carbonyl (C=O) groups excluding carboxylic acids is 1. The zero-order valence-electron chi connectivity index (χ0n) is 15.2. The van der Waals surface area contributed by atoms with Crippen molar-refractivity contribution < 1.29 is 9.32 Å². The molecule has 0 spiro atoms. The third-order valence-corrected chi connectivity index (χ3v) is 4.59. The highest BCUT2D eigenvalue weighted by molar-refractivity contribution is 6.30. The second-order valence-corrected chi connectivity index (χ2v) is 6.92. The Hall–Kier alpha value is -2.66. The van der Waals surface area contributed by atoms with Gasteiger partial charge in [0.05, 0.1) is 0 Å². The molecule has 6 heteroatoms. The predicted molar refractivity (Wildman–Crippen MR) is 106 cm³/mol. The molecule has 0 aliphatic carbocycles. The van der Waals surface area contributed by atoms with E-state index in [-0.39, 0.29) is 11.8 Å². The van der Waals surface area contributed by atoms with Gasteiger partial charge in [0.15, 0.2) is 0 Å². The van der Waals surface area contributed by atoms with Crippen LogP contribution in [0.2, 0.25) is 5.02 Å². The van der Waals surface area contributed by atoms with Gasteiger partial charge < -0.3 is 9.84 Å². The number of aryl methyl sites for hydroxylation is 1. The second-order valence-electron chi connectivity index (χ2n) is 6.49. The molecule has 0 saturated heterocycles. The summed E-state index contributed by atoms with van der Waals surface area (Å²) in [5, 5.41) is 7.62. The third kappa shape index (κ3) is 5.66. The first-order valence-corrected chi connectivity index (χ1v) is 9.40. The van der Waals surface area contributed by atoms with E-state index < -0.39 is 0 Å². The quantitative estimate of drug-likeness (QED) is 0.615. The maximum Gasteiger partial charge on any atom is 0.226 e. The van der Waals surface area contributed by atoms with Gasteiger partial charge in [0.2, 0.25) is 17.6 Å². The number of rotatable bonds is 8. The van der Waals surface area contributed by atoms with E-state index >= 15 is 0 Å². The molecule has 3 rings (SSSR count). The van der Waals surface area contributed by atoms with Crippen molar-refractivity contribution >= 4 is 17.5 Å². The van der Waals surface area contributed by atoms with Crippen molar-refractivity contribution in [2.75, 3.05) is 6.54 Å². The van der Waals surface area contributed by atoms with Gasteiger partial charge in [-0.25, -0.2) is 0 Å². The first-order valence-electron chi connectivity index (χ1n) is 9.02. The summed E-state index contributed by atoms with van der Waals surface area (Å²) in [6.45, 7) is 2.73. The summed E-state index contributed by atoms with van der Waals surface area (Å²) in [5.74, 6) is 1.39. The van der Waals surface area contributed by atoms with E-state index in [0.29, 0.717) is 42.5 Å². The Morgan fingerprint density at radius 3 is 2.63 bits per heavy atom. The van der Waals surface area contributed by atoms with Crippen LogP contribution in [0.1, 0.15) is 37.1 Å². The lowest BCUT2D eigenvalue weighted by Crippen LogP contribution is -2.27. The second kappa shape index (κ2) is 9.33. The number of nitrogens with zero attached hydrogens (tertiary/aromatic N) is 2. The summed E-state index contributed by atoms with van der Waals surface area (Å²) in [6.07, 6.45) is 1.66. The molecule has 1 aromatic heterocycles. The van der Waals surface area contributed by atoms with Gasteiger partial charge >= 0.3 is 0 Å². The van der Waals surface area contributed by atoms with E-state index in [1.54, 1.807) is 12.1 Å². The fourth-order valence-corrected chi connectivity index (χ4v) is 2.85. The molecule has 3 aromatic rings. The minimum Gasteiger partial charge on any atom is -0.356 e. The van der Waals surface area contributed by atoms with Gasteiger partial charge in [-0.05, 0) is 42.2 Å². The molecule has 1 unspecified atom stereocenters. The van der Waals surface area contributed by atoms with Crippen molar-refractivity contribution in [2.24, 2.45) is 0 Å². The fraction of sp³-hybridized carbons (Fsp3) is 0.286. The standard InChI is InChI=1S/C21H22ClN3O2/c1-15(16-6-3-2-4-7-16)14-23-19(26)8-5-9-20-24-21(25-27-20)17-10-12-18(22)13-11-17/h2-4,6-7,10-13,15H,5,8-9,14H2,1H3,(H,23,26). The Morgan fingerprint density at radius 1 is 1.15 bits per heavy atom. The topological polar surface area (TPSA) is 68.0 Å². The van der Waals surface area contributed by atoms with Crippen LogP contribution in [0.15, 0.2) is 59.1 Å². The van der Waals surface area contributed by atoms with Gasteiger partial charge in [0, 0.05) is 30.0 Å². The number of hydrogen-bond donors (Lipinski definition) is 1. The molecule has 0 aliphatic rings. The number of halogens is 1. The smallest absolute Gasteiger partial charge is 0.226 e. The van der Waals surface area contributed by atoms with Crippen molar-refractivity contribution in [3.8, 4) is 11.4 Å². The lowest BCUT2D eigenvalue weighted by atomic mass is 10.0. The molecule has 1 heterocycles. The van der Waals surface area contributed by atoms with Crippen LogP contribution in [0.5, 0.6) is 0 Å². The first kappa shape index (κ1) is 19.1. The van der Waals surface area contributed by atoms with Crippen LogP contribution < -0.4 is 5.32 Å². The summed E-state index contributed by atoms with van der Waals surface area (Å²) >= 11 is 5.88. The Bertz CT molecular complexity index is 863. The van der Waals surface area contributed by atoms with Crippen LogP contribution in [-0.2, 0) is 11.2 Å². The van der Waals surface area contributed by atoms with Crippen LogP contribution in [0.25, 0.3) is 11.4 Å². The normalized spacial score (nSPS) is 11.9. The van der Waals surface area contributed by atoms with Crippen molar-refractivity contribution in [1.82, 2.24) is 15.5 Å². The Labute approximate surface area is 163 Å². The molecule has 2 aromatic carbocycles. The number of hydrogen-bond acceptors (Lipinski definition) is 4. The predicted octanol–water partition coefficient (Wildman–Crippen LogP) is 4.63. The van der Waals surface area contributed by atoms with E-state index in [9.17, 15) is 4.79 Å². The molecular formula is C21H22ClN3O2. The van der Waals surface area contributed by atoms with Crippen LogP contribution in [0.4, 0.5) is 0 Å². The number of carbonyl (C=O) groups is 1. The van der Waals surface area contributed by atoms with Gasteiger partial charge in [0.1, 0.15) is 0 Å². The van der Waals surface area contributed by atoms with Crippen molar-refractivity contribution in [2.45, 2.75) is 32.1 Å². The van der Waals surface area contributed by atoms with Crippen LogP contribution in [0.3, 0.4) is 0 Å². The molecule has 0 bridgehead atoms.